The summed E-state index contributed by atoms with van der Waals surface area (Å²) in [4.78, 5) is 16.2. The van der Waals surface area contributed by atoms with Crippen LogP contribution < -0.4 is 20.9 Å². The number of thiocarbonyl (C=S) groups is 1. The molecule has 2 aromatic heterocycles. The summed E-state index contributed by atoms with van der Waals surface area (Å²) in [5, 5.41) is 1.16. The fourth-order valence-corrected chi connectivity index (χ4v) is 5.12. The van der Waals surface area contributed by atoms with E-state index in [1.807, 2.05) is 21.6 Å². The number of aromatic nitrogens is 4. The normalized spacial score (nSPS) is 12.6. The highest BCUT2D eigenvalue weighted by Gasteiger charge is 2.21. The Labute approximate surface area is 197 Å². The Kier molecular flexibility index (Phi) is 6.39. The molecular formula is C19H22BrN7O2S2. The molecular weight excluding hydrogens is 502 g/mol. The molecule has 0 fully saturated rings. The van der Waals surface area contributed by atoms with Gasteiger partial charge in [-0.15, -0.1) is 0 Å². The lowest BCUT2D eigenvalue weighted by Gasteiger charge is -2.27. The fraction of sp³-hybridized carbons (Fsp3) is 0.368. The molecule has 0 unspecified atom stereocenters. The van der Waals surface area contributed by atoms with E-state index in [9.17, 15) is 0 Å². The third-order valence-electron chi connectivity index (χ3n) is 4.84. The maximum absolute atomic E-state index is 6.07. The van der Waals surface area contributed by atoms with Crippen LogP contribution in [-0.2, 0) is 6.54 Å². The van der Waals surface area contributed by atoms with E-state index in [-0.39, 0.29) is 12.8 Å². The molecule has 3 heterocycles. The molecule has 9 nitrogen and oxygen atoms in total. The first-order valence-electron chi connectivity index (χ1n) is 9.65. The number of imidazole rings is 1. The van der Waals surface area contributed by atoms with Crippen LogP contribution in [0.2, 0.25) is 0 Å². The molecule has 1 aliphatic heterocycles. The fourth-order valence-electron chi connectivity index (χ4n) is 3.31. The molecule has 0 aliphatic carbocycles. The molecule has 4 rings (SSSR count). The predicted octanol–water partition coefficient (Wildman–Crippen LogP) is 3.39. The van der Waals surface area contributed by atoms with Crippen LogP contribution in [0.3, 0.4) is 0 Å². The van der Waals surface area contributed by atoms with Crippen molar-refractivity contribution < 1.29 is 9.47 Å². The van der Waals surface area contributed by atoms with Crippen LogP contribution in [0.4, 0.5) is 5.82 Å². The Morgan fingerprint density at radius 1 is 1.32 bits per heavy atom. The van der Waals surface area contributed by atoms with Gasteiger partial charge in [0.15, 0.2) is 38.7 Å². The van der Waals surface area contributed by atoms with Crippen LogP contribution in [0, 0.1) is 0 Å². The van der Waals surface area contributed by atoms with Gasteiger partial charge in [-0.1, -0.05) is 11.8 Å². The minimum Gasteiger partial charge on any atom is -0.454 e. The van der Waals surface area contributed by atoms with Crippen LogP contribution in [-0.4, -0.2) is 48.9 Å². The third kappa shape index (κ3) is 4.51. The predicted molar refractivity (Wildman–Crippen MR) is 127 cm³/mol. The molecule has 12 heteroatoms. The van der Waals surface area contributed by atoms with E-state index in [1.54, 1.807) is 0 Å². The minimum absolute atomic E-state index is 0.218. The highest BCUT2D eigenvalue weighted by Crippen LogP contribution is 2.43. The maximum Gasteiger partial charge on any atom is 0.231 e. The second kappa shape index (κ2) is 9.05. The van der Waals surface area contributed by atoms with Gasteiger partial charge in [0.1, 0.15) is 6.33 Å². The molecule has 1 aromatic carbocycles. The van der Waals surface area contributed by atoms with E-state index >= 15 is 0 Å². The molecule has 0 radical (unpaired) electrons. The quantitative estimate of drug-likeness (QED) is 0.446. The zero-order valence-electron chi connectivity index (χ0n) is 17.0. The first-order valence-corrected chi connectivity index (χ1v) is 11.7. The second-order valence-electron chi connectivity index (χ2n) is 7.19. The smallest absolute Gasteiger partial charge is 0.231 e. The Balaban J connectivity index is 1.64. The average Bonchev–Trinajstić information content (AvgIpc) is 3.30. The number of anilines is 1. The van der Waals surface area contributed by atoms with Crippen molar-refractivity contribution in [1.29, 1.82) is 0 Å². The van der Waals surface area contributed by atoms with Gasteiger partial charge in [0.25, 0.3) is 0 Å². The van der Waals surface area contributed by atoms with Crippen LogP contribution >= 0.6 is 39.9 Å². The monoisotopic (exact) mass is 523 g/mol. The summed E-state index contributed by atoms with van der Waals surface area (Å²) in [5.41, 5.74) is 13.2. The maximum atomic E-state index is 6.07. The molecule has 31 heavy (non-hydrogen) atoms. The highest BCUT2D eigenvalue weighted by molar-refractivity contribution is 9.10. The summed E-state index contributed by atoms with van der Waals surface area (Å²) >= 11 is 10.3. The van der Waals surface area contributed by atoms with E-state index in [0.29, 0.717) is 40.1 Å². The zero-order valence-corrected chi connectivity index (χ0v) is 20.3. The number of nitrogens with zero attached hydrogens (tertiary/aromatic N) is 5. The van der Waals surface area contributed by atoms with Crippen molar-refractivity contribution in [3.63, 3.8) is 0 Å². The molecule has 0 spiro atoms. The number of rotatable bonds is 7. The minimum atomic E-state index is 0.218. The molecule has 0 bridgehead atoms. The molecule has 1 aliphatic rings. The van der Waals surface area contributed by atoms with Crippen molar-refractivity contribution >= 4 is 62.0 Å². The zero-order chi connectivity index (χ0) is 22.1. The average molecular weight is 524 g/mol. The largest absolute Gasteiger partial charge is 0.454 e. The Morgan fingerprint density at radius 2 is 2.06 bits per heavy atom. The van der Waals surface area contributed by atoms with Gasteiger partial charge in [-0.2, -0.15) is 0 Å². The topological polar surface area (TPSA) is 117 Å². The number of benzene rings is 1. The number of hydrogen-bond donors (Lipinski definition) is 2. The van der Waals surface area contributed by atoms with Gasteiger partial charge < -0.3 is 30.4 Å². The molecule has 0 atom stereocenters. The first-order chi connectivity index (χ1) is 14.8. The van der Waals surface area contributed by atoms with Crippen molar-refractivity contribution in [3.8, 4) is 11.5 Å². The van der Waals surface area contributed by atoms with Gasteiger partial charge in [-0.25, -0.2) is 15.0 Å². The summed E-state index contributed by atoms with van der Waals surface area (Å²) in [5.74, 6) is 1.77. The summed E-state index contributed by atoms with van der Waals surface area (Å²) in [7, 11) is 0. The lowest BCUT2D eigenvalue weighted by Crippen LogP contribution is -2.41. The van der Waals surface area contributed by atoms with E-state index < -0.39 is 0 Å². The van der Waals surface area contributed by atoms with Crippen LogP contribution in [0.1, 0.15) is 20.3 Å². The Bertz CT molecular complexity index is 1140. The van der Waals surface area contributed by atoms with Crippen LogP contribution in [0.15, 0.2) is 33.0 Å². The van der Waals surface area contributed by atoms with Crippen molar-refractivity contribution in [3.05, 3.63) is 22.9 Å². The molecule has 164 valence electrons. The lowest BCUT2D eigenvalue weighted by atomic mass is 10.3. The number of nitrogen functional groups attached to an aromatic ring is 1. The van der Waals surface area contributed by atoms with E-state index in [0.717, 1.165) is 27.5 Å². The molecule has 4 N–H and O–H groups in total. The number of halogens is 1. The second-order valence-corrected chi connectivity index (χ2v) is 9.48. The van der Waals surface area contributed by atoms with Crippen molar-refractivity contribution in [2.24, 2.45) is 5.73 Å². The summed E-state index contributed by atoms with van der Waals surface area (Å²) in [6.45, 7) is 5.75. The number of fused-ring (bicyclic) bond motifs is 2. The van der Waals surface area contributed by atoms with Gasteiger partial charge >= 0.3 is 0 Å². The summed E-state index contributed by atoms with van der Waals surface area (Å²) in [6, 6.07) is 4.06. The van der Waals surface area contributed by atoms with E-state index in [2.05, 4.69) is 39.7 Å². The summed E-state index contributed by atoms with van der Waals surface area (Å²) < 4.78 is 13.9. The molecule has 3 aromatic rings. The standard InChI is InChI=1S/C19H22BrN7O2S2/c1-10(2)26(18(22)30)4-3-5-27-17-15(16(21)23-8-24-17)25-19(27)31-14-7-13-12(6-11(14)20)28-9-29-13/h6-8,10H,3-5,9H2,1-2H3,(H2,22,30)(H2,21,23,24). The van der Waals surface area contributed by atoms with Crippen molar-refractivity contribution in [1.82, 2.24) is 24.4 Å². The first kappa shape index (κ1) is 21.9. The van der Waals surface area contributed by atoms with Gasteiger partial charge in [-0.05, 0) is 60.5 Å². The highest BCUT2D eigenvalue weighted by atomic mass is 79.9. The van der Waals surface area contributed by atoms with E-state index in [1.165, 1.54) is 18.1 Å². The van der Waals surface area contributed by atoms with Crippen LogP contribution in [0.25, 0.3) is 11.2 Å². The van der Waals surface area contributed by atoms with Crippen molar-refractivity contribution in [2.75, 3.05) is 19.1 Å². The van der Waals surface area contributed by atoms with E-state index in [4.69, 9.17) is 38.1 Å². The van der Waals surface area contributed by atoms with Gasteiger partial charge in [0, 0.05) is 28.5 Å². The lowest BCUT2D eigenvalue weighted by molar-refractivity contribution is 0.174. The van der Waals surface area contributed by atoms with Crippen molar-refractivity contribution in [2.45, 2.75) is 42.9 Å². The third-order valence-corrected chi connectivity index (χ3v) is 7.05. The Morgan fingerprint density at radius 3 is 2.77 bits per heavy atom. The van der Waals surface area contributed by atoms with Crippen LogP contribution in [0.5, 0.6) is 11.5 Å². The Hall–Kier alpha value is -2.31. The van der Waals surface area contributed by atoms with Gasteiger partial charge in [-0.3, -0.25) is 0 Å². The van der Waals surface area contributed by atoms with Gasteiger partial charge in [0.2, 0.25) is 6.79 Å². The SMILES string of the molecule is CC(C)N(CCCn1c(Sc2cc3c(cc2Br)OCO3)nc2c(N)ncnc21)C(N)=S. The number of nitrogens with two attached hydrogens (primary N) is 2. The molecule has 0 amide bonds. The number of ether oxygens (including phenoxy) is 2. The number of aryl methyl sites for hydroxylation is 1. The van der Waals surface area contributed by atoms with Gasteiger partial charge in [0.05, 0.1) is 0 Å². The molecule has 0 saturated carbocycles. The summed E-state index contributed by atoms with van der Waals surface area (Å²) in [6.07, 6.45) is 2.26. The molecule has 0 saturated heterocycles. The number of hydrogen-bond acceptors (Lipinski definition) is 8.